The molecule has 0 saturated carbocycles. The second-order valence-electron chi connectivity index (χ2n) is 7.36. The summed E-state index contributed by atoms with van der Waals surface area (Å²) in [6, 6.07) is 7.60. The normalized spacial score (nSPS) is 16.3. The number of aromatic nitrogens is 3. The second kappa shape index (κ2) is 8.21. The van der Waals surface area contributed by atoms with E-state index in [2.05, 4.69) is 15.4 Å². The number of hydrogen-bond acceptors (Lipinski definition) is 4. The van der Waals surface area contributed by atoms with Crippen molar-refractivity contribution in [1.29, 1.82) is 0 Å². The van der Waals surface area contributed by atoms with Crippen molar-refractivity contribution >= 4 is 29.1 Å². The molecule has 7 nitrogen and oxygen atoms in total. The monoisotopic (exact) mass is 411 g/mol. The molecule has 3 heterocycles. The van der Waals surface area contributed by atoms with Gasteiger partial charge in [0.1, 0.15) is 5.56 Å². The van der Waals surface area contributed by atoms with Crippen LogP contribution >= 0.6 is 11.6 Å². The number of carbonyl (C=O) groups excluding carboxylic acids is 2. The summed E-state index contributed by atoms with van der Waals surface area (Å²) in [6.07, 6.45) is 6.49. The third-order valence-electron chi connectivity index (χ3n) is 5.19. The van der Waals surface area contributed by atoms with Crippen molar-refractivity contribution in [2.75, 3.05) is 19.6 Å². The van der Waals surface area contributed by atoms with E-state index in [1.54, 1.807) is 21.8 Å². The Kier molecular flexibility index (Phi) is 5.49. The van der Waals surface area contributed by atoms with Gasteiger partial charge in [0.15, 0.2) is 5.65 Å². The zero-order chi connectivity index (χ0) is 20.4. The topological polar surface area (TPSA) is 79.6 Å². The molecule has 2 aromatic heterocycles. The van der Waals surface area contributed by atoms with E-state index in [1.807, 2.05) is 37.4 Å². The number of aryl methyl sites for hydroxylation is 1. The van der Waals surface area contributed by atoms with Gasteiger partial charge < -0.3 is 10.2 Å². The van der Waals surface area contributed by atoms with Gasteiger partial charge in [0.25, 0.3) is 5.91 Å². The number of nitrogens with one attached hydrogen (secondary N) is 1. The van der Waals surface area contributed by atoms with E-state index in [4.69, 9.17) is 11.6 Å². The summed E-state index contributed by atoms with van der Waals surface area (Å²) in [7, 11) is 0. The van der Waals surface area contributed by atoms with Gasteiger partial charge in [-0.05, 0) is 43.0 Å². The van der Waals surface area contributed by atoms with Crippen LogP contribution in [0.5, 0.6) is 0 Å². The van der Waals surface area contributed by atoms with Crippen molar-refractivity contribution in [1.82, 2.24) is 24.8 Å². The summed E-state index contributed by atoms with van der Waals surface area (Å²) in [6.45, 7) is 3.45. The van der Waals surface area contributed by atoms with Gasteiger partial charge in [0.2, 0.25) is 5.91 Å². The standard InChI is InChI=1S/C21H22ClN5O2/c1-14-10-24-19-18(11-25-27(19)12-14)21(29)26-9-7-16(13-26)20(28)23-8-6-15-2-4-17(22)5-3-15/h2-5,10-12,16H,6-9,13H2,1H3,(H,23,28)/t16-/m0/s1. The molecular weight excluding hydrogens is 390 g/mol. The Labute approximate surface area is 173 Å². The van der Waals surface area contributed by atoms with Gasteiger partial charge >= 0.3 is 0 Å². The number of hydrogen-bond donors (Lipinski definition) is 1. The first-order valence-electron chi connectivity index (χ1n) is 9.62. The van der Waals surface area contributed by atoms with Gasteiger partial charge in [-0.25, -0.2) is 9.50 Å². The first-order chi connectivity index (χ1) is 14.0. The number of amides is 2. The summed E-state index contributed by atoms with van der Waals surface area (Å²) in [5.74, 6) is -0.336. The Hall–Kier alpha value is -2.93. The van der Waals surface area contributed by atoms with Crippen LogP contribution in [0.15, 0.2) is 42.9 Å². The molecule has 4 rings (SSSR count). The maximum Gasteiger partial charge on any atom is 0.259 e. The number of rotatable bonds is 5. The second-order valence-corrected chi connectivity index (χ2v) is 7.80. The zero-order valence-corrected chi connectivity index (χ0v) is 16.9. The molecule has 1 N–H and O–H groups in total. The first kappa shape index (κ1) is 19.4. The molecule has 3 aromatic rings. The summed E-state index contributed by atoms with van der Waals surface area (Å²) < 4.78 is 1.61. The van der Waals surface area contributed by atoms with E-state index in [0.29, 0.717) is 42.3 Å². The minimum Gasteiger partial charge on any atom is -0.355 e. The Morgan fingerprint density at radius 3 is 2.83 bits per heavy atom. The van der Waals surface area contributed by atoms with Gasteiger partial charge in [-0.15, -0.1) is 0 Å². The summed E-state index contributed by atoms with van der Waals surface area (Å²) >= 11 is 5.89. The molecule has 1 fully saturated rings. The first-order valence-corrected chi connectivity index (χ1v) is 10.0. The Morgan fingerprint density at radius 1 is 1.24 bits per heavy atom. The number of carbonyl (C=O) groups is 2. The molecule has 1 aliphatic heterocycles. The predicted octanol–water partition coefficient (Wildman–Crippen LogP) is 2.51. The van der Waals surface area contributed by atoms with Crippen molar-refractivity contribution < 1.29 is 9.59 Å². The van der Waals surface area contributed by atoms with Gasteiger partial charge in [-0.2, -0.15) is 5.10 Å². The molecule has 0 bridgehead atoms. The Morgan fingerprint density at radius 2 is 2.03 bits per heavy atom. The van der Waals surface area contributed by atoms with Crippen molar-refractivity contribution in [3.05, 3.63) is 64.6 Å². The molecule has 2 amide bonds. The van der Waals surface area contributed by atoms with Crippen LogP contribution in [0.4, 0.5) is 0 Å². The van der Waals surface area contributed by atoms with Gasteiger partial charge in [-0.1, -0.05) is 23.7 Å². The lowest BCUT2D eigenvalue weighted by atomic mass is 10.1. The SMILES string of the molecule is Cc1cnc2c(C(=O)N3CC[C@H](C(=O)NCCc4ccc(Cl)cc4)C3)cnn2c1. The number of fused-ring (bicyclic) bond motifs is 1. The fraction of sp³-hybridized carbons (Fsp3) is 0.333. The summed E-state index contributed by atoms with van der Waals surface area (Å²) in [5.41, 5.74) is 3.09. The zero-order valence-electron chi connectivity index (χ0n) is 16.1. The molecule has 1 aliphatic rings. The van der Waals surface area contributed by atoms with Crippen LogP contribution in [0, 0.1) is 12.8 Å². The van der Waals surface area contributed by atoms with E-state index in [1.165, 1.54) is 0 Å². The van der Waals surface area contributed by atoms with E-state index in [0.717, 1.165) is 17.5 Å². The summed E-state index contributed by atoms with van der Waals surface area (Å²) in [4.78, 5) is 31.4. The highest BCUT2D eigenvalue weighted by Gasteiger charge is 2.32. The third kappa shape index (κ3) is 4.24. The number of likely N-dealkylation sites (tertiary alicyclic amines) is 1. The lowest BCUT2D eigenvalue weighted by Crippen LogP contribution is -2.35. The van der Waals surface area contributed by atoms with Crippen LogP contribution in [0.3, 0.4) is 0 Å². The predicted molar refractivity (Wildman–Crippen MR) is 110 cm³/mol. The molecule has 0 aliphatic carbocycles. The van der Waals surface area contributed by atoms with E-state index in [9.17, 15) is 9.59 Å². The molecule has 150 valence electrons. The molecular formula is C21H22ClN5O2. The molecule has 1 atom stereocenters. The number of halogens is 1. The minimum absolute atomic E-state index is 0.0112. The highest BCUT2D eigenvalue weighted by Crippen LogP contribution is 2.20. The maximum atomic E-state index is 12.9. The largest absolute Gasteiger partial charge is 0.355 e. The quantitative estimate of drug-likeness (QED) is 0.699. The van der Waals surface area contributed by atoms with E-state index in [-0.39, 0.29) is 17.7 Å². The average molecular weight is 412 g/mol. The van der Waals surface area contributed by atoms with Crippen LogP contribution < -0.4 is 5.32 Å². The maximum absolute atomic E-state index is 12.9. The van der Waals surface area contributed by atoms with Crippen LogP contribution in [0.1, 0.15) is 27.9 Å². The highest BCUT2D eigenvalue weighted by atomic mass is 35.5. The molecule has 0 radical (unpaired) electrons. The fourth-order valence-electron chi connectivity index (χ4n) is 3.57. The molecule has 1 aromatic carbocycles. The van der Waals surface area contributed by atoms with Crippen molar-refractivity contribution in [3.8, 4) is 0 Å². The molecule has 29 heavy (non-hydrogen) atoms. The Bertz CT molecular complexity index is 1050. The van der Waals surface area contributed by atoms with Crippen molar-refractivity contribution in [3.63, 3.8) is 0 Å². The van der Waals surface area contributed by atoms with Crippen molar-refractivity contribution in [2.45, 2.75) is 19.8 Å². The van der Waals surface area contributed by atoms with E-state index >= 15 is 0 Å². The van der Waals surface area contributed by atoms with E-state index < -0.39 is 0 Å². The van der Waals surface area contributed by atoms with Crippen LogP contribution in [0.25, 0.3) is 5.65 Å². The third-order valence-corrected chi connectivity index (χ3v) is 5.44. The number of nitrogens with zero attached hydrogens (tertiary/aromatic N) is 4. The van der Waals surface area contributed by atoms with Crippen LogP contribution in [-0.4, -0.2) is 50.9 Å². The van der Waals surface area contributed by atoms with Gasteiger partial charge in [0, 0.05) is 37.1 Å². The Balaban J connectivity index is 1.32. The lowest BCUT2D eigenvalue weighted by Gasteiger charge is -2.16. The number of benzene rings is 1. The van der Waals surface area contributed by atoms with Gasteiger partial charge in [0.05, 0.1) is 12.1 Å². The average Bonchev–Trinajstić information content (AvgIpc) is 3.36. The molecule has 0 spiro atoms. The molecule has 1 saturated heterocycles. The summed E-state index contributed by atoms with van der Waals surface area (Å²) in [5, 5.41) is 7.90. The molecule has 8 heteroatoms. The smallest absolute Gasteiger partial charge is 0.259 e. The van der Waals surface area contributed by atoms with Crippen molar-refractivity contribution in [2.24, 2.45) is 5.92 Å². The highest BCUT2D eigenvalue weighted by molar-refractivity contribution is 6.30. The van der Waals surface area contributed by atoms with Crippen LogP contribution in [-0.2, 0) is 11.2 Å². The van der Waals surface area contributed by atoms with Gasteiger partial charge in [-0.3, -0.25) is 9.59 Å². The fourth-order valence-corrected chi connectivity index (χ4v) is 3.70. The lowest BCUT2D eigenvalue weighted by molar-refractivity contribution is -0.124. The van der Waals surface area contributed by atoms with Crippen LogP contribution in [0.2, 0.25) is 5.02 Å². The molecule has 0 unspecified atom stereocenters. The minimum atomic E-state index is -0.193.